The summed E-state index contributed by atoms with van der Waals surface area (Å²) in [7, 11) is 3.88. The summed E-state index contributed by atoms with van der Waals surface area (Å²) in [5.74, 6) is -0.436. The Bertz CT molecular complexity index is 801. The maximum absolute atomic E-state index is 13.2. The smallest absolute Gasteiger partial charge is 0.242 e. The number of unbranched alkanes of at least 4 members (excludes halogenated alkanes) is 9. The largest absolute Gasteiger partial charge is 0.353 e. The van der Waals surface area contributed by atoms with Crippen LogP contribution in [-0.4, -0.2) is 85.9 Å². The van der Waals surface area contributed by atoms with Crippen LogP contribution in [0, 0.1) is 0 Å². The Labute approximate surface area is 256 Å². The minimum atomic E-state index is -0.671. The van der Waals surface area contributed by atoms with Crippen LogP contribution < -0.4 is 22.1 Å². The molecule has 9 heteroatoms. The first-order valence-corrected chi connectivity index (χ1v) is 16.6. The van der Waals surface area contributed by atoms with E-state index in [0.29, 0.717) is 45.4 Å². The summed E-state index contributed by atoms with van der Waals surface area (Å²) in [5, 5.41) is 6.01. The third kappa shape index (κ3) is 17.7. The average molecular weight is 591 g/mol. The van der Waals surface area contributed by atoms with Crippen molar-refractivity contribution in [1.82, 2.24) is 20.4 Å². The Balaban J connectivity index is 2.36. The minimum absolute atomic E-state index is 0.0148. The highest BCUT2D eigenvalue weighted by Gasteiger charge is 2.41. The lowest BCUT2D eigenvalue weighted by atomic mass is 10.1. The fourth-order valence-corrected chi connectivity index (χ4v) is 5.20. The van der Waals surface area contributed by atoms with Gasteiger partial charge in [-0.2, -0.15) is 0 Å². The maximum Gasteiger partial charge on any atom is 0.242 e. The summed E-state index contributed by atoms with van der Waals surface area (Å²) in [4.78, 5) is 42.4. The molecule has 1 aliphatic rings. The molecule has 1 fully saturated rings. The number of rotatable bonds is 24. The van der Waals surface area contributed by atoms with Crippen LogP contribution in [0.4, 0.5) is 0 Å². The fraction of sp³-hybridized carbons (Fsp3) is 0.788. The topological polar surface area (TPSA) is 134 Å². The highest BCUT2D eigenvalue weighted by Crippen LogP contribution is 2.21. The van der Waals surface area contributed by atoms with Crippen molar-refractivity contribution in [2.75, 3.05) is 40.3 Å². The highest BCUT2D eigenvalue weighted by molar-refractivity contribution is 5.90. The van der Waals surface area contributed by atoms with E-state index in [1.165, 1.54) is 38.5 Å². The number of hydrogen-bond acceptors (Lipinski definition) is 6. The van der Waals surface area contributed by atoms with E-state index in [9.17, 15) is 14.4 Å². The SMILES string of the molecule is CCCCC/C=C\C/C=C\CCCCCCCC(=O)N[C@H]1C[C@@H](C(=O)NCCN(C)C)N(C(=O)[C@H](N)CCCCN)C1. The molecule has 0 spiro atoms. The quantitative estimate of drug-likeness (QED) is 0.0991. The van der Waals surface area contributed by atoms with Crippen LogP contribution in [0.25, 0.3) is 0 Å². The lowest BCUT2D eigenvalue weighted by Crippen LogP contribution is -2.52. The van der Waals surface area contributed by atoms with Gasteiger partial charge in [0.1, 0.15) is 6.04 Å². The molecule has 0 radical (unpaired) electrons. The van der Waals surface area contributed by atoms with Crippen molar-refractivity contribution in [3.05, 3.63) is 24.3 Å². The number of nitrogens with zero attached hydrogens (tertiary/aromatic N) is 2. The van der Waals surface area contributed by atoms with Crippen LogP contribution in [0.1, 0.15) is 110 Å². The molecule has 1 saturated heterocycles. The van der Waals surface area contributed by atoms with Gasteiger partial charge in [-0.25, -0.2) is 0 Å². The monoisotopic (exact) mass is 590 g/mol. The van der Waals surface area contributed by atoms with Gasteiger partial charge in [0.05, 0.1) is 6.04 Å². The molecule has 0 aromatic heterocycles. The van der Waals surface area contributed by atoms with Crippen LogP contribution in [0.3, 0.4) is 0 Å². The summed E-state index contributed by atoms with van der Waals surface area (Å²) in [6.07, 6.45) is 24.6. The second-order valence-corrected chi connectivity index (χ2v) is 12.0. The van der Waals surface area contributed by atoms with Gasteiger partial charge in [-0.15, -0.1) is 0 Å². The first-order chi connectivity index (χ1) is 20.3. The number of allylic oxidation sites excluding steroid dienone is 4. The number of likely N-dealkylation sites (N-methyl/N-ethyl adjacent to an activating group) is 1. The molecule has 242 valence electrons. The van der Waals surface area contributed by atoms with Crippen LogP contribution in [-0.2, 0) is 14.4 Å². The zero-order valence-corrected chi connectivity index (χ0v) is 27.0. The number of carbonyl (C=O) groups excluding carboxylic acids is 3. The second kappa shape index (κ2) is 24.2. The summed E-state index contributed by atoms with van der Waals surface area (Å²) in [6.45, 7) is 4.31. The van der Waals surface area contributed by atoms with E-state index < -0.39 is 12.1 Å². The lowest BCUT2D eigenvalue weighted by Gasteiger charge is -2.26. The number of likely N-dealkylation sites (tertiary alicyclic amines) is 1. The van der Waals surface area contributed by atoms with Crippen LogP contribution >= 0.6 is 0 Å². The Morgan fingerprint density at radius 1 is 0.929 bits per heavy atom. The Morgan fingerprint density at radius 3 is 2.26 bits per heavy atom. The summed E-state index contributed by atoms with van der Waals surface area (Å²) in [5.41, 5.74) is 11.8. The van der Waals surface area contributed by atoms with Gasteiger partial charge in [-0.1, -0.05) is 69.8 Å². The van der Waals surface area contributed by atoms with Crippen molar-refractivity contribution in [3.63, 3.8) is 0 Å². The van der Waals surface area contributed by atoms with Crippen LogP contribution in [0.2, 0.25) is 0 Å². The number of hydrogen-bond donors (Lipinski definition) is 4. The van der Waals surface area contributed by atoms with Crippen LogP contribution in [0.5, 0.6) is 0 Å². The van der Waals surface area contributed by atoms with Crippen molar-refractivity contribution in [1.29, 1.82) is 0 Å². The van der Waals surface area contributed by atoms with Crippen molar-refractivity contribution < 1.29 is 14.4 Å². The molecule has 1 rings (SSSR count). The molecule has 0 aromatic rings. The van der Waals surface area contributed by atoms with Gasteiger partial charge >= 0.3 is 0 Å². The van der Waals surface area contributed by atoms with Gasteiger partial charge in [0.2, 0.25) is 17.7 Å². The zero-order valence-electron chi connectivity index (χ0n) is 27.0. The molecule has 42 heavy (non-hydrogen) atoms. The number of nitrogens with one attached hydrogen (secondary N) is 2. The molecule has 0 saturated carbocycles. The van der Waals surface area contributed by atoms with E-state index in [-0.39, 0.29) is 23.8 Å². The predicted molar refractivity (Wildman–Crippen MR) is 174 cm³/mol. The lowest BCUT2D eigenvalue weighted by molar-refractivity contribution is -0.139. The van der Waals surface area contributed by atoms with Gasteiger partial charge in [0.15, 0.2) is 0 Å². The molecule has 9 nitrogen and oxygen atoms in total. The number of carbonyl (C=O) groups is 3. The Kier molecular flexibility index (Phi) is 21.8. The summed E-state index contributed by atoms with van der Waals surface area (Å²) >= 11 is 0. The molecular weight excluding hydrogens is 528 g/mol. The van der Waals surface area contributed by atoms with Gasteiger partial charge in [-0.05, 0) is 78.4 Å². The van der Waals surface area contributed by atoms with E-state index in [1.807, 2.05) is 19.0 Å². The maximum atomic E-state index is 13.2. The van der Waals surface area contributed by atoms with E-state index in [0.717, 1.165) is 44.9 Å². The first kappa shape index (κ1) is 37.8. The van der Waals surface area contributed by atoms with Gasteiger partial charge in [0.25, 0.3) is 0 Å². The predicted octanol–water partition coefficient (Wildman–Crippen LogP) is 4.02. The zero-order chi connectivity index (χ0) is 31.0. The molecule has 1 aliphatic heterocycles. The molecule has 3 amide bonds. The first-order valence-electron chi connectivity index (χ1n) is 16.6. The molecule has 0 aromatic carbocycles. The molecular formula is C33H62N6O3. The van der Waals surface area contributed by atoms with Gasteiger partial charge < -0.3 is 31.9 Å². The van der Waals surface area contributed by atoms with Gasteiger partial charge in [-0.3, -0.25) is 14.4 Å². The van der Waals surface area contributed by atoms with Crippen molar-refractivity contribution >= 4 is 17.7 Å². The van der Waals surface area contributed by atoms with E-state index in [1.54, 1.807) is 4.90 Å². The van der Waals surface area contributed by atoms with E-state index >= 15 is 0 Å². The summed E-state index contributed by atoms with van der Waals surface area (Å²) < 4.78 is 0. The van der Waals surface area contributed by atoms with E-state index in [4.69, 9.17) is 11.5 Å². The molecule has 6 N–H and O–H groups in total. The average Bonchev–Trinajstić information content (AvgIpc) is 3.38. The molecule has 0 unspecified atom stereocenters. The molecule has 3 atom stereocenters. The normalized spacial score (nSPS) is 17.9. The number of amides is 3. The standard InChI is InChI=1S/C33H62N6O3/c1-4-5-6-7-8-9-10-11-12-13-14-15-16-17-18-22-31(40)37-28-26-30(32(41)36-24-25-38(2)3)39(27-28)33(42)29(35)21-19-20-23-34/h8-9,11-12,28-30H,4-7,10,13-27,34-35H2,1-3H3,(H,36,41)(H,37,40)/b9-8-,12-11-/t28-,29+,30-/m0/s1. The Hall–Kier alpha value is -2.23. The van der Waals surface area contributed by atoms with Crippen molar-refractivity contribution in [2.45, 2.75) is 128 Å². The van der Waals surface area contributed by atoms with Crippen molar-refractivity contribution in [3.8, 4) is 0 Å². The fourth-order valence-electron chi connectivity index (χ4n) is 5.20. The van der Waals surface area contributed by atoms with Crippen molar-refractivity contribution in [2.24, 2.45) is 11.5 Å². The third-order valence-corrected chi connectivity index (χ3v) is 7.75. The molecule has 0 aliphatic carbocycles. The van der Waals surface area contributed by atoms with E-state index in [2.05, 4.69) is 41.9 Å². The minimum Gasteiger partial charge on any atom is -0.353 e. The second-order valence-electron chi connectivity index (χ2n) is 12.0. The molecule has 0 bridgehead atoms. The highest BCUT2D eigenvalue weighted by atomic mass is 16.2. The Morgan fingerprint density at radius 2 is 1.60 bits per heavy atom. The molecule has 1 heterocycles. The van der Waals surface area contributed by atoms with Crippen LogP contribution in [0.15, 0.2) is 24.3 Å². The number of nitrogens with two attached hydrogens (primary N) is 2. The summed E-state index contributed by atoms with van der Waals surface area (Å²) in [6, 6.07) is -1.54. The van der Waals surface area contributed by atoms with Gasteiger partial charge in [0, 0.05) is 32.1 Å². The third-order valence-electron chi connectivity index (χ3n) is 7.75.